The molecule has 0 saturated heterocycles. The summed E-state index contributed by atoms with van der Waals surface area (Å²) in [6.45, 7) is 10.7. The Morgan fingerprint density at radius 3 is 1.04 bits per heavy atom. The smallest absolute Gasteiger partial charge is 0.161 e. The second kappa shape index (κ2) is 35.9. The van der Waals surface area contributed by atoms with Gasteiger partial charge in [-0.2, -0.15) is 0 Å². The predicted molar refractivity (Wildman–Crippen MR) is 220 cm³/mol. The minimum atomic E-state index is 0.566. The first-order valence-electron chi connectivity index (χ1n) is 22.5. The van der Waals surface area contributed by atoms with E-state index in [9.17, 15) is 4.79 Å². The Labute approximate surface area is 313 Å². The predicted octanol–water partition coefficient (Wildman–Crippen LogP) is 16.1. The van der Waals surface area contributed by atoms with Crippen LogP contribution in [0.2, 0.25) is 0 Å². The molecule has 50 heavy (non-hydrogen) atoms. The Morgan fingerprint density at radius 2 is 0.720 bits per heavy atom. The lowest BCUT2D eigenvalue weighted by molar-refractivity contribution is 0.112. The number of rotatable bonds is 39. The maximum absolute atomic E-state index is 11.8. The zero-order valence-electron chi connectivity index (χ0n) is 34.2. The van der Waals surface area contributed by atoms with Gasteiger partial charge in [0.1, 0.15) is 6.29 Å². The fraction of sp³-hybridized carbons (Fsp3) is 0.851. The van der Waals surface area contributed by atoms with Crippen molar-refractivity contribution in [3.05, 3.63) is 23.8 Å². The van der Waals surface area contributed by atoms with Crippen LogP contribution in [0.4, 0.5) is 0 Å². The lowest BCUT2D eigenvalue weighted by Crippen LogP contribution is -2.15. The number of unbranched alkanes of at least 4 members (excludes halogenated alkanes) is 24. The summed E-state index contributed by atoms with van der Waals surface area (Å²) in [4.78, 5) is 11.8. The second-order valence-electron chi connectivity index (χ2n) is 15.8. The molecule has 0 fully saturated rings. The Morgan fingerprint density at radius 1 is 0.420 bits per heavy atom. The van der Waals surface area contributed by atoms with Gasteiger partial charge in [-0.1, -0.05) is 207 Å². The summed E-state index contributed by atoms with van der Waals surface area (Å²) >= 11 is 0. The van der Waals surface area contributed by atoms with E-state index in [1.54, 1.807) is 0 Å². The zero-order chi connectivity index (χ0) is 36.2. The van der Waals surface area contributed by atoms with Gasteiger partial charge >= 0.3 is 0 Å². The molecule has 0 aliphatic carbocycles. The lowest BCUT2D eigenvalue weighted by atomic mass is 9.94. The molecular weight excluding hydrogens is 613 g/mol. The van der Waals surface area contributed by atoms with Gasteiger partial charge in [-0.25, -0.2) is 0 Å². The third-order valence-electron chi connectivity index (χ3n) is 10.9. The molecular formula is C47H86O3. The standard InChI is InChI=1S/C47H86O3/c1-5-9-13-17-21-23-27-31-34-43(33-29-25-19-15-11-7-3)41-49-46-38-37-45(40-48)39-47(46)50-42-44(35-30-26-20-16-12-8-4)36-32-28-24-22-18-14-10-6-2/h37-40,43-44H,5-36,41-42H2,1-4H3. The van der Waals surface area contributed by atoms with E-state index in [4.69, 9.17) is 9.47 Å². The number of aldehydes is 1. The average Bonchev–Trinajstić information content (AvgIpc) is 3.13. The molecule has 0 N–H and O–H groups in total. The van der Waals surface area contributed by atoms with Crippen molar-refractivity contribution in [1.82, 2.24) is 0 Å². The number of hydrogen-bond acceptors (Lipinski definition) is 3. The number of ether oxygens (including phenoxy) is 2. The third-order valence-corrected chi connectivity index (χ3v) is 10.9. The monoisotopic (exact) mass is 699 g/mol. The molecule has 0 bridgehead atoms. The minimum absolute atomic E-state index is 0.566. The van der Waals surface area contributed by atoms with Crippen LogP contribution >= 0.6 is 0 Å². The fourth-order valence-corrected chi connectivity index (χ4v) is 7.43. The number of benzene rings is 1. The van der Waals surface area contributed by atoms with E-state index in [0.29, 0.717) is 17.4 Å². The van der Waals surface area contributed by atoms with E-state index in [2.05, 4.69) is 27.7 Å². The van der Waals surface area contributed by atoms with Crippen LogP contribution in [0.5, 0.6) is 11.5 Å². The summed E-state index contributed by atoms with van der Waals surface area (Å²) in [6.07, 6.45) is 43.8. The molecule has 0 radical (unpaired) electrons. The maximum Gasteiger partial charge on any atom is 0.161 e. The second-order valence-corrected chi connectivity index (χ2v) is 15.8. The Balaban J connectivity index is 2.77. The molecule has 0 aliphatic rings. The molecule has 3 heteroatoms. The van der Waals surface area contributed by atoms with Gasteiger partial charge < -0.3 is 9.47 Å². The number of hydrogen-bond donors (Lipinski definition) is 0. The normalized spacial score (nSPS) is 12.6. The summed E-state index contributed by atoms with van der Waals surface area (Å²) < 4.78 is 13.2. The first kappa shape index (κ1) is 46.5. The maximum atomic E-state index is 11.8. The quantitative estimate of drug-likeness (QED) is 0.0507. The summed E-state index contributed by atoms with van der Waals surface area (Å²) in [5.41, 5.74) is 0.672. The first-order valence-corrected chi connectivity index (χ1v) is 22.5. The van der Waals surface area contributed by atoms with Crippen LogP contribution in [0.1, 0.15) is 244 Å². The third kappa shape index (κ3) is 27.2. The average molecular weight is 699 g/mol. The van der Waals surface area contributed by atoms with E-state index in [1.165, 1.54) is 205 Å². The molecule has 292 valence electrons. The largest absolute Gasteiger partial charge is 0.489 e. The highest BCUT2D eigenvalue weighted by Crippen LogP contribution is 2.31. The minimum Gasteiger partial charge on any atom is -0.489 e. The molecule has 2 atom stereocenters. The van der Waals surface area contributed by atoms with Gasteiger partial charge in [0.05, 0.1) is 13.2 Å². The van der Waals surface area contributed by atoms with Crippen LogP contribution in [0.3, 0.4) is 0 Å². The molecule has 0 aliphatic heterocycles. The van der Waals surface area contributed by atoms with Crippen molar-refractivity contribution < 1.29 is 14.3 Å². The Hall–Kier alpha value is -1.51. The van der Waals surface area contributed by atoms with Crippen molar-refractivity contribution in [1.29, 1.82) is 0 Å². The van der Waals surface area contributed by atoms with Crippen LogP contribution in [0, 0.1) is 11.8 Å². The molecule has 0 spiro atoms. The van der Waals surface area contributed by atoms with Gasteiger partial charge in [0, 0.05) is 5.56 Å². The molecule has 0 heterocycles. The van der Waals surface area contributed by atoms with Gasteiger partial charge in [0.15, 0.2) is 11.5 Å². The van der Waals surface area contributed by atoms with E-state index in [-0.39, 0.29) is 0 Å². The highest BCUT2D eigenvalue weighted by Gasteiger charge is 2.16. The molecule has 3 nitrogen and oxygen atoms in total. The van der Waals surface area contributed by atoms with E-state index in [1.807, 2.05) is 18.2 Å². The van der Waals surface area contributed by atoms with E-state index in [0.717, 1.165) is 31.0 Å². The van der Waals surface area contributed by atoms with Gasteiger partial charge in [0.25, 0.3) is 0 Å². The van der Waals surface area contributed by atoms with Crippen LogP contribution in [-0.2, 0) is 0 Å². The number of carbonyl (C=O) groups is 1. The molecule has 2 unspecified atom stereocenters. The summed E-state index contributed by atoms with van der Waals surface area (Å²) in [6, 6.07) is 5.80. The molecule has 1 aromatic rings. The van der Waals surface area contributed by atoms with Crippen molar-refractivity contribution in [3.63, 3.8) is 0 Å². The number of carbonyl (C=O) groups excluding carboxylic acids is 1. The summed E-state index contributed by atoms with van der Waals surface area (Å²) in [7, 11) is 0. The Bertz CT molecular complexity index is 851. The van der Waals surface area contributed by atoms with Gasteiger partial charge in [-0.3, -0.25) is 4.79 Å². The van der Waals surface area contributed by atoms with E-state index >= 15 is 0 Å². The van der Waals surface area contributed by atoms with Crippen LogP contribution < -0.4 is 9.47 Å². The van der Waals surface area contributed by atoms with Crippen LogP contribution in [-0.4, -0.2) is 19.5 Å². The fourth-order valence-electron chi connectivity index (χ4n) is 7.43. The topological polar surface area (TPSA) is 35.5 Å². The molecule has 0 amide bonds. The van der Waals surface area contributed by atoms with Gasteiger partial charge in [0.2, 0.25) is 0 Å². The Kier molecular flexibility index (Phi) is 33.4. The van der Waals surface area contributed by atoms with Gasteiger partial charge in [-0.05, 0) is 55.7 Å². The van der Waals surface area contributed by atoms with Gasteiger partial charge in [-0.15, -0.1) is 0 Å². The molecule has 0 aromatic heterocycles. The first-order chi connectivity index (χ1) is 24.7. The highest BCUT2D eigenvalue weighted by molar-refractivity contribution is 5.76. The van der Waals surface area contributed by atoms with Crippen molar-refractivity contribution >= 4 is 6.29 Å². The molecule has 0 saturated carbocycles. The van der Waals surface area contributed by atoms with Crippen LogP contribution in [0.25, 0.3) is 0 Å². The summed E-state index contributed by atoms with van der Waals surface area (Å²) in [5.74, 6) is 2.74. The van der Waals surface area contributed by atoms with Crippen molar-refractivity contribution in [2.24, 2.45) is 11.8 Å². The SMILES string of the molecule is CCCCCCCCCCC(CCCCCCCC)COc1ccc(C=O)cc1OCC(CCCCCCCC)CCCCCCCCCC. The zero-order valence-corrected chi connectivity index (χ0v) is 34.2. The van der Waals surface area contributed by atoms with Crippen molar-refractivity contribution in [2.75, 3.05) is 13.2 Å². The highest BCUT2D eigenvalue weighted by atomic mass is 16.5. The lowest BCUT2D eigenvalue weighted by Gasteiger charge is -2.22. The molecule has 1 rings (SSSR count). The molecule has 1 aromatic carbocycles. The summed E-state index contributed by atoms with van der Waals surface area (Å²) in [5, 5.41) is 0. The van der Waals surface area contributed by atoms with Crippen molar-refractivity contribution in [3.8, 4) is 11.5 Å². The van der Waals surface area contributed by atoms with E-state index < -0.39 is 0 Å². The van der Waals surface area contributed by atoms with Crippen LogP contribution in [0.15, 0.2) is 18.2 Å². The van der Waals surface area contributed by atoms with Crippen molar-refractivity contribution in [2.45, 2.75) is 233 Å².